The Hall–Kier alpha value is -4.06. The van der Waals surface area contributed by atoms with E-state index in [1.54, 1.807) is 66.0 Å². The number of benzene rings is 1. The Morgan fingerprint density at radius 2 is 2.07 bits per heavy atom. The van der Waals surface area contributed by atoms with Crippen LogP contribution in [0.15, 0.2) is 111 Å². The van der Waals surface area contributed by atoms with Crippen molar-refractivity contribution in [1.82, 2.24) is 9.62 Å². The van der Waals surface area contributed by atoms with Crippen LogP contribution in [0, 0.1) is 18.7 Å². The molecule has 0 amide bonds. The summed E-state index contributed by atoms with van der Waals surface area (Å²) in [6.07, 6.45) is 18.7. The van der Waals surface area contributed by atoms with E-state index in [-0.39, 0.29) is 16.6 Å². The van der Waals surface area contributed by atoms with Gasteiger partial charge in [0.1, 0.15) is 11.6 Å². The van der Waals surface area contributed by atoms with Gasteiger partial charge in [-0.25, -0.2) is 17.8 Å². The van der Waals surface area contributed by atoms with E-state index < -0.39 is 10.0 Å². The quantitative estimate of drug-likeness (QED) is 0.145. The molecule has 2 aliphatic rings. The Bertz CT molecular complexity index is 1500. The summed E-state index contributed by atoms with van der Waals surface area (Å²) < 4.78 is 42.3. The molecule has 0 saturated carbocycles. The zero-order chi connectivity index (χ0) is 31.2. The Morgan fingerprint density at radius 1 is 1.26 bits per heavy atom. The van der Waals surface area contributed by atoms with Crippen molar-refractivity contribution in [3.05, 3.63) is 112 Å². The second kappa shape index (κ2) is 16.5. The summed E-state index contributed by atoms with van der Waals surface area (Å²) in [5, 5.41) is 6.50. The van der Waals surface area contributed by atoms with E-state index in [4.69, 9.17) is 11.5 Å². The van der Waals surface area contributed by atoms with Gasteiger partial charge in [0.15, 0.2) is 0 Å². The van der Waals surface area contributed by atoms with Crippen LogP contribution in [-0.2, 0) is 10.0 Å². The van der Waals surface area contributed by atoms with Crippen LogP contribution in [0.4, 0.5) is 10.1 Å². The Kier molecular flexibility index (Phi) is 12.9. The molecule has 43 heavy (non-hydrogen) atoms. The number of halogens is 1. The molecule has 3 rings (SSSR count). The summed E-state index contributed by atoms with van der Waals surface area (Å²) in [5.41, 5.74) is 15.0. The molecule has 9 nitrogen and oxygen atoms in total. The number of nitrogens with one attached hydrogen (secondary N) is 2. The highest BCUT2D eigenvalue weighted by molar-refractivity contribution is 7.93. The second-order valence-electron chi connectivity index (χ2n) is 10.2. The molecule has 1 unspecified atom stereocenters. The van der Waals surface area contributed by atoms with Crippen molar-refractivity contribution < 1.29 is 12.8 Å². The van der Waals surface area contributed by atoms with Crippen molar-refractivity contribution in [2.45, 2.75) is 33.1 Å². The van der Waals surface area contributed by atoms with Gasteiger partial charge < -0.3 is 22.1 Å². The van der Waals surface area contributed by atoms with Crippen molar-refractivity contribution in [2.24, 2.45) is 27.4 Å². The van der Waals surface area contributed by atoms with Gasteiger partial charge in [0.2, 0.25) is 10.0 Å². The molecule has 0 bridgehead atoms. The fraction of sp³-hybridized carbons (Fsp3) is 0.312. The molecule has 1 fully saturated rings. The molecule has 1 saturated heterocycles. The molecule has 0 radical (unpaired) electrons. The summed E-state index contributed by atoms with van der Waals surface area (Å²) in [4.78, 5) is 8.79. The van der Waals surface area contributed by atoms with Gasteiger partial charge in [0, 0.05) is 37.2 Å². The smallest absolute Gasteiger partial charge is 0.242 e. The minimum Gasteiger partial charge on any atom is -0.398 e. The molecule has 1 aromatic carbocycles. The van der Waals surface area contributed by atoms with Crippen molar-refractivity contribution in [3.63, 3.8) is 0 Å². The monoisotopic (exact) mass is 607 g/mol. The third-order valence-corrected chi connectivity index (χ3v) is 8.96. The highest BCUT2D eigenvalue weighted by Gasteiger charge is 2.31. The Morgan fingerprint density at radius 3 is 2.79 bits per heavy atom. The maximum absolute atomic E-state index is 13.6. The van der Waals surface area contributed by atoms with E-state index in [9.17, 15) is 12.8 Å². The lowest BCUT2D eigenvalue weighted by atomic mass is 9.99. The molecule has 230 valence electrons. The first kappa shape index (κ1) is 33.4. The number of nitrogens with two attached hydrogens (primary N) is 2. The van der Waals surface area contributed by atoms with E-state index >= 15 is 0 Å². The molecular weight excluding hydrogens is 565 g/mol. The van der Waals surface area contributed by atoms with Crippen LogP contribution < -0.4 is 22.1 Å². The third-order valence-electron chi connectivity index (χ3n) is 7.05. The molecule has 11 heteroatoms. The number of allylic oxidation sites excluding steroid dienone is 8. The van der Waals surface area contributed by atoms with Crippen molar-refractivity contribution in [1.29, 1.82) is 0 Å². The van der Waals surface area contributed by atoms with Crippen molar-refractivity contribution in [2.75, 3.05) is 31.5 Å². The lowest BCUT2D eigenvalue weighted by Crippen LogP contribution is -2.43. The largest absolute Gasteiger partial charge is 0.398 e. The van der Waals surface area contributed by atoms with E-state index in [1.165, 1.54) is 6.07 Å². The second-order valence-corrected chi connectivity index (χ2v) is 12.1. The first-order chi connectivity index (χ1) is 20.7. The van der Waals surface area contributed by atoms with Crippen LogP contribution in [0.3, 0.4) is 0 Å². The van der Waals surface area contributed by atoms with Gasteiger partial charge in [0.05, 0.1) is 16.9 Å². The normalized spacial score (nSPS) is 19.4. The summed E-state index contributed by atoms with van der Waals surface area (Å²) >= 11 is 0. The van der Waals surface area contributed by atoms with Crippen LogP contribution in [-0.4, -0.2) is 51.5 Å². The predicted molar refractivity (Wildman–Crippen MR) is 176 cm³/mol. The minimum atomic E-state index is -3.65. The molecule has 1 aliphatic carbocycles. The van der Waals surface area contributed by atoms with E-state index in [0.29, 0.717) is 61.1 Å². The van der Waals surface area contributed by atoms with Crippen LogP contribution in [0.5, 0.6) is 0 Å². The number of anilines is 1. The number of piperidine rings is 1. The number of sulfonamides is 1. The van der Waals surface area contributed by atoms with E-state index in [0.717, 1.165) is 24.8 Å². The van der Waals surface area contributed by atoms with Crippen molar-refractivity contribution >= 4 is 28.3 Å². The molecule has 1 atom stereocenters. The van der Waals surface area contributed by atoms with Gasteiger partial charge >= 0.3 is 0 Å². The standard InChI is InChI=1S/C32H42FN7O2S/c1-4-8-31(35)26(5-2)21-36-20-25-9-7-18-40(22-25)43(41,42)29-11-6-10-27(12-14-29)37-17-16-32(38-23-34)39-28-13-15-30(33)24(3)19-28/h4-5,8,10-17,19,23,25,36,39H,1,6-7,9,18,20-22,35H2,2-3H3,(H2,34,38)/b26-5-,31-8+,32-16+,37-17?. The number of hydrogen-bond acceptors (Lipinski definition) is 7. The van der Waals surface area contributed by atoms with Crippen LogP contribution >= 0.6 is 0 Å². The summed E-state index contributed by atoms with van der Waals surface area (Å²) in [7, 11) is -3.65. The summed E-state index contributed by atoms with van der Waals surface area (Å²) in [5.74, 6) is 0.311. The fourth-order valence-electron chi connectivity index (χ4n) is 4.72. The first-order valence-electron chi connectivity index (χ1n) is 14.2. The van der Waals surface area contributed by atoms with Crippen LogP contribution in [0.25, 0.3) is 0 Å². The maximum atomic E-state index is 13.6. The SMILES string of the molecule is C=C/C=C(N)\C(=C/C)CNCC1CCCN(S(=O)(=O)C2=CCC=C(N=C/C=C(\N=C\N)Nc3ccc(F)c(C)c3)C=C2)C1. The topological polar surface area (TPSA) is 138 Å². The number of nitrogens with zero attached hydrogens (tertiary/aromatic N) is 3. The zero-order valence-corrected chi connectivity index (χ0v) is 25.7. The average Bonchev–Trinajstić information content (AvgIpc) is 3.24. The summed E-state index contributed by atoms with van der Waals surface area (Å²) in [6.45, 7) is 9.55. The average molecular weight is 608 g/mol. The first-order valence-corrected chi connectivity index (χ1v) is 15.7. The number of rotatable bonds is 13. The van der Waals surface area contributed by atoms with Crippen LogP contribution in [0.2, 0.25) is 0 Å². The van der Waals surface area contributed by atoms with Gasteiger partial charge in [-0.05, 0) is 99.2 Å². The maximum Gasteiger partial charge on any atom is 0.242 e. The van der Waals surface area contributed by atoms with Crippen molar-refractivity contribution in [3.8, 4) is 0 Å². The van der Waals surface area contributed by atoms with Gasteiger partial charge in [-0.1, -0.05) is 30.9 Å². The Balaban J connectivity index is 1.60. The van der Waals surface area contributed by atoms with Gasteiger partial charge in [-0.15, -0.1) is 0 Å². The highest BCUT2D eigenvalue weighted by atomic mass is 32.2. The van der Waals surface area contributed by atoms with E-state index in [2.05, 4.69) is 27.2 Å². The highest BCUT2D eigenvalue weighted by Crippen LogP contribution is 2.25. The Labute approximate surface area is 254 Å². The molecule has 1 heterocycles. The third kappa shape index (κ3) is 10.0. The van der Waals surface area contributed by atoms with Gasteiger partial charge in [0.25, 0.3) is 0 Å². The number of aryl methyl sites for hydroxylation is 1. The lowest BCUT2D eigenvalue weighted by Gasteiger charge is -2.32. The van der Waals surface area contributed by atoms with Gasteiger partial charge in [-0.2, -0.15) is 4.31 Å². The predicted octanol–water partition coefficient (Wildman–Crippen LogP) is 4.78. The molecule has 0 aromatic heterocycles. The lowest BCUT2D eigenvalue weighted by molar-refractivity contribution is 0.263. The molecule has 1 aliphatic heterocycles. The van der Waals surface area contributed by atoms with Gasteiger partial charge in [-0.3, -0.25) is 4.99 Å². The zero-order valence-electron chi connectivity index (χ0n) is 24.8. The molecular formula is C32H42FN7O2S. The number of hydrogen-bond donors (Lipinski definition) is 4. The fourth-order valence-corrected chi connectivity index (χ4v) is 6.35. The van der Waals surface area contributed by atoms with E-state index in [1.807, 2.05) is 19.1 Å². The van der Waals surface area contributed by atoms with Crippen LogP contribution in [0.1, 0.15) is 31.7 Å². The molecule has 1 aromatic rings. The molecule has 0 spiro atoms. The summed E-state index contributed by atoms with van der Waals surface area (Å²) in [6, 6.07) is 4.64. The molecule has 6 N–H and O–H groups in total. The minimum absolute atomic E-state index is 0.199. The number of aliphatic imine (C=N–C) groups is 2.